The molecule has 1 unspecified atom stereocenters. The summed E-state index contributed by atoms with van der Waals surface area (Å²) < 4.78 is 35.7. The van der Waals surface area contributed by atoms with Gasteiger partial charge in [-0.25, -0.2) is 4.39 Å². The quantitative estimate of drug-likeness (QED) is 0.184. The van der Waals surface area contributed by atoms with Crippen LogP contribution < -0.4 is 5.32 Å². The molecule has 1 aromatic carbocycles. The second-order valence-electron chi connectivity index (χ2n) is 10.9. The van der Waals surface area contributed by atoms with E-state index in [1.807, 2.05) is 13.8 Å². The minimum absolute atomic E-state index is 0.0559. The summed E-state index contributed by atoms with van der Waals surface area (Å²) in [5.41, 5.74) is 0.400. The normalized spacial score (nSPS) is 18.5. The Morgan fingerprint density at radius 1 is 1.07 bits per heavy atom. The number of hydrogen-bond acceptors (Lipinski definition) is 10. The number of esters is 3. The van der Waals surface area contributed by atoms with Crippen molar-refractivity contribution in [1.29, 1.82) is 5.26 Å². The number of allylic oxidation sites excluding steroid dienone is 1. The van der Waals surface area contributed by atoms with Crippen LogP contribution in [0.3, 0.4) is 0 Å². The van der Waals surface area contributed by atoms with E-state index >= 15 is 0 Å². The average molecular weight is 632 g/mol. The number of nitrogens with zero attached hydrogens (tertiary/aromatic N) is 2. The molecule has 246 valence electrons. The smallest absolute Gasteiger partial charge is 0.303 e. The third-order valence-corrected chi connectivity index (χ3v) is 7.26. The minimum Gasteiger partial charge on any atom is -0.455 e. The van der Waals surface area contributed by atoms with Gasteiger partial charge in [-0.1, -0.05) is 32.4 Å². The van der Waals surface area contributed by atoms with Crippen molar-refractivity contribution < 1.29 is 47.3 Å². The van der Waals surface area contributed by atoms with Gasteiger partial charge in [-0.05, 0) is 49.0 Å². The Morgan fingerprint density at radius 2 is 1.71 bits per heavy atom. The molecule has 1 heterocycles. The number of hydrogen-bond donors (Lipinski definition) is 1. The van der Waals surface area contributed by atoms with E-state index in [0.717, 1.165) is 33.3 Å². The molecule has 0 aromatic heterocycles. The average Bonchev–Trinajstić information content (AvgIpc) is 3.14. The van der Waals surface area contributed by atoms with E-state index in [4.69, 9.17) is 18.9 Å². The molecule has 2 rings (SSSR count). The van der Waals surface area contributed by atoms with E-state index < -0.39 is 66.0 Å². The van der Waals surface area contributed by atoms with Crippen molar-refractivity contribution >= 4 is 29.7 Å². The second kappa shape index (κ2) is 17.9. The first-order chi connectivity index (χ1) is 21.3. The largest absolute Gasteiger partial charge is 0.455 e. The number of methoxy groups -OCH3 is 1. The number of ether oxygens (including phenoxy) is 4. The molecule has 1 aromatic rings. The summed E-state index contributed by atoms with van der Waals surface area (Å²) >= 11 is 0. The van der Waals surface area contributed by atoms with Crippen molar-refractivity contribution in [3.63, 3.8) is 0 Å². The van der Waals surface area contributed by atoms with Gasteiger partial charge in [0.15, 0.2) is 24.4 Å². The van der Waals surface area contributed by atoms with E-state index in [1.54, 1.807) is 12.1 Å². The van der Waals surface area contributed by atoms with Crippen molar-refractivity contribution in [3.05, 3.63) is 47.3 Å². The van der Waals surface area contributed by atoms with Crippen LogP contribution in [-0.4, -0.2) is 78.7 Å². The van der Waals surface area contributed by atoms with Crippen molar-refractivity contribution in [1.82, 2.24) is 10.2 Å². The van der Waals surface area contributed by atoms with Gasteiger partial charge in [-0.15, -0.1) is 0 Å². The molecule has 1 fully saturated rings. The number of likely N-dealkylation sites (tertiary alicyclic amines) is 1. The maximum absolute atomic E-state index is 13.8. The highest BCUT2D eigenvalue weighted by molar-refractivity contribution is 5.90. The monoisotopic (exact) mass is 631 g/mol. The molecule has 6 atom stereocenters. The molecule has 1 aliphatic heterocycles. The van der Waals surface area contributed by atoms with Gasteiger partial charge in [-0.2, -0.15) is 5.26 Å². The number of halogens is 1. The van der Waals surface area contributed by atoms with Crippen LogP contribution in [0.15, 0.2) is 30.4 Å². The number of nitrogens with one attached hydrogen (secondary N) is 1. The number of amides is 2. The molecule has 0 spiro atoms. The number of carbonyl (C=O) groups excluding carboxylic acids is 5. The standard InChI is InChI=1S/C32H42FN3O9/c1-7-19(2)11-14-27(43-20(3)37)28(44-21(4)38)29(45-22(5)39)30(42-6)31(40)35-26-10-8-9-15-36(32(26)41)18-23-12-13-25(33)24(16-23)17-34/h11-14,16,19,26-30H,7-10,15,18H2,1-6H3,(H,35,40)/b14-11+/t19?,26-,27+,28-,29+,30+/m0/s1. The molecule has 1 N–H and O–H groups in total. The molecular weight excluding hydrogens is 589 g/mol. The van der Waals surface area contributed by atoms with Gasteiger partial charge in [0.25, 0.3) is 5.91 Å². The maximum atomic E-state index is 13.8. The highest BCUT2D eigenvalue weighted by atomic mass is 19.1. The van der Waals surface area contributed by atoms with Gasteiger partial charge in [0.2, 0.25) is 5.91 Å². The van der Waals surface area contributed by atoms with Gasteiger partial charge in [0.05, 0.1) is 5.56 Å². The number of benzene rings is 1. The van der Waals surface area contributed by atoms with E-state index in [1.165, 1.54) is 30.2 Å². The van der Waals surface area contributed by atoms with E-state index in [0.29, 0.717) is 31.4 Å². The summed E-state index contributed by atoms with van der Waals surface area (Å²) in [5.74, 6) is -4.18. The summed E-state index contributed by atoms with van der Waals surface area (Å²) in [6, 6.07) is 4.80. The molecule has 1 saturated heterocycles. The zero-order valence-corrected chi connectivity index (χ0v) is 26.5. The van der Waals surface area contributed by atoms with Crippen LogP contribution in [0.5, 0.6) is 0 Å². The lowest BCUT2D eigenvalue weighted by molar-refractivity contribution is -0.192. The number of nitriles is 1. The SMILES string of the molecule is CCC(C)/C=C/[C@@H](OC(C)=O)[C@H](OC(C)=O)[C@@H](OC(C)=O)[C@@H](OC)C(=O)N[C@H]1CCCCN(Cc2ccc(F)c(C#N)c2)C1=O. The minimum atomic E-state index is -1.59. The summed E-state index contributed by atoms with van der Waals surface area (Å²) in [4.78, 5) is 65.2. The molecule has 0 aliphatic carbocycles. The Bertz CT molecular complexity index is 1290. The van der Waals surface area contributed by atoms with Gasteiger partial charge >= 0.3 is 17.9 Å². The van der Waals surface area contributed by atoms with Crippen LogP contribution in [0.1, 0.15) is 71.4 Å². The van der Waals surface area contributed by atoms with Crippen molar-refractivity contribution in [2.75, 3.05) is 13.7 Å². The molecule has 2 amide bonds. The maximum Gasteiger partial charge on any atom is 0.303 e. The molecule has 45 heavy (non-hydrogen) atoms. The summed E-state index contributed by atoms with van der Waals surface area (Å²) in [6.07, 6.45) is -0.378. The molecule has 0 radical (unpaired) electrons. The lowest BCUT2D eigenvalue weighted by Crippen LogP contribution is -2.58. The van der Waals surface area contributed by atoms with E-state index in [-0.39, 0.29) is 18.0 Å². The van der Waals surface area contributed by atoms with E-state index in [9.17, 15) is 33.6 Å². The highest BCUT2D eigenvalue weighted by Crippen LogP contribution is 2.23. The van der Waals surface area contributed by atoms with Crippen molar-refractivity contribution in [2.45, 2.75) is 97.3 Å². The highest BCUT2D eigenvalue weighted by Gasteiger charge is 2.45. The summed E-state index contributed by atoms with van der Waals surface area (Å²) in [5, 5.41) is 11.9. The Morgan fingerprint density at radius 3 is 2.29 bits per heavy atom. The van der Waals surface area contributed by atoms with Crippen LogP contribution in [0.2, 0.25) is 0 Å². The number of rotatable bonds is 14. The lowest BCUT2D eigenvalue weighted by atomic mass is 9.98. The second-order valence-corrected chi connectivity index (χ2v) is 10.9. The third kappa shape index (κ3) is 11.3. The van der Waals surface area contributed by atoms with Gasteiger partial charge < -0.3 is 29.2 Å². The Kier molecular flexibility index (Phi) is 14.6. The lowest BCUT2D eigenvalue weighted by Gasteiger charge is -2.34. The fourth-order valence-electron chi connectivity index (χ4n) is 4.87. The van der Waals surface area contributed by atoms with Crippen LogP contribution >= 0.6 is 0 Å². The first-order valence-corrected chi connectivity index (χ1v) is 14.8. The molecule has 13 heteroatoms. The van der Waals surface area contributed by atoms with Crippen LogP contribution in [-0.2, 0) is 49.5 Å². The predicted molar refractivity (Wildman–Crippen MR) is 158 cm³/mol. The first-order valence-electron chi connectivity index (χ1n) is 14.8. The molecular formula is C32H42FN3O9. The number of carbonyl (C=O) groups is 5. The topological polar surface area (TPSA) is 161 Å². The molecule has 0 saturated carbocycles. The van der Waals surface area contributed by atoms with Crippen molar-refractivity contribution in [2.24, 2.45) is 5.92 Å². The molecule has 12 nitrogen and oxygen atoms in total. The van der Waals surface area contributed by atoms with Gasteiger partial charge in [0.1, 0.15) is 17.9 Å². The fourth-order valence-corrected chi connectivity index (χ4v) is 4.87. The predicted octanol–water partition coefficient (Wildman–Crippen LogP) is 3.11. The van der Waals surface area contributed by atoms with Crippen LogP contribution in [0.4, 0.5) is 4.39 Å². The summed E-state index contributed by atoms with van der Waals surface area (Å²) in [7, 11) is 1.18. The van der Waals surface area contributed by atoms with Crippen LogP contribution in [0, 0.1) is 23.1 Å². The summed E-state index contributed by atoms with van der Waals surface area (Å²) in [6.45, 7) is 7.70. The fraction of sp³-hybridized carbons (Fsp3) is 0.562. The Hall–Kier alpha value is -4.31. The molecule has 1 aliphatic rings. The van der Waals surface area contributed by atoms with Gasteiger partial charge in [0, 0.05) is 41.0 Å². The van der Waals surface area contributed by atoms with Gasteiger partial charge in [-0.3, -0.25) is 24.0 Å². The zero-order valence-electron chi connectivity index (χ0n) is 26.5. The Labute approximate surface area is 262 Å². The molecule has 0 bridgehead atoms. The Balaban J connectivity index is 2.40. The van der Waals surface area contributed by atoms with Crippen LogP contribution in [0.25, 0.3) is 0 Å². The first kappa shape index (κ1) is 36.9. The van der Waals surface area contributed by atoms with E-state index in [2.05, 4.69) is 5.32 Å². The third-order valence-electron chi connectivity index (χ3n) is 7.26. The zero-order chi connectivity index (χ0) is 33.7. The van der Waals surface area contributed by atoms with Crippen molar-refractivity contribution in [3.8, 4) is 6.07 Å².